The smallest absolute Gasteiger partial charge is 0.188 e. The minimum atomic E-state index is -0.883. The van der Waals surface area contributed by atoms with Gasteiger partial charge in [0.2, 0.25) is 0 Å². The topological polar surface area (TPSA) is 71.4 Å². The molecular weight excluding hydrogens is 849 g/mol. The molecule has 15 rings (SSSR count). The van der Waals surface area contributed by atoms with Gasteiger partial charge in [-0.3, -0.25) is 15.0 Å². The molecule has 6 aromatic heterocycles. The highest BCUT2D eigenvalue weighted by Gasteiger charge is 2.52. The van der Waals surface area contributed by atoms with Crippen molar-refractivity contribution in [2.45, 2.75) is 5.41 Å². The Morgan fingerprint density at radius 3 is 1.43 bits per heavy atom. The first kappa shape index (κ1) is 37.4. The van der Waals surface area contributed by atoms with Crippen LogP contribution in [0.4, 0.5) is 11.4 Å². The molecule has 0 saturated heterocycles. The average molecular weight is 881 g/mol. The van der Waals surface area contributed by atoms with E-state index in [1.165, 1.54) is 10.8 Å². The first-order valence-electron chi connectivity index (χ1n) is 22.7. The van der Waals surface area contributed by atoms with E-state index in [9.17, 15) is 0 Å². The number of benzene rings is 7. The van der Waals surface area contributed by atoms with Crippen LogP contribution >= 0.6 is 0 Å². The van der Waals surface area contributed by atoms with Crippen LogP contribution < -0.4 is 4.74 Å². The maximum Gasteiger partial charge on any atom is 0.188 e. The van der Waals surface area contributed by atoms with Gasteiger partial charge in [0.25, 0.3) is 0 Å². The van der Waals surface area contributed by atoms with Gasteiger partial charge in [0.1, 0.15) is 11.5 Å². The van der Waals surface area contributed by atoms with Crippen molar-refractivity contribution < 1.29 is 4.74 Å². The van der Waals surface area contributed by atoms with Crippen LogP contribution in [0.5, 0.6) is 11.5 Å². The fourth-order valence-corrected chi connectivity index (χ4v) is 11.8. The van der Waals surface area contributed by atoms with Gasteiger partial charge in [0, 0.05) is 68.3 Å². The predicted octanol–water partition coefficient (Wildman–Crippen LogP) is 14.7. The average Bonchev–Trinajstić information content (AvgIpc) is 4.12. The largest absolute Gasteiger partial charge is 0.457 e. The Morgan fingerprint density at radius 2 is 0.855 bits per heavy atom. The zero-order valence-electron chi connectivity index (χ0n) is 36.5. The summed E-state index contributed by atoms with van der Waals surface area (Å²) in [6, 6.07) is 59.1. The Labute approximate surface area is 393 Å². The summed E-state index contributed by atoms with van der Waals surface area (Å²) in [4.78, 5) is 22.1. The molecule has 1 aliphatic carbocycles. The quantitative estimate of drug-likeness (QED) is 0.166. The van der Waals surface area contributed by atoms with Gasteiger partial charge in [-0.25, -0.2) is 9.69 Å². The van der Waals surface area contributed by atoms with E-state index in [0.717, 1.165) is 117 Å². The molecule has 1 spiro atoms. The molecule has 7 heterocycles. The molecule has 2 aliphatic rings. The molecular formula is C60H32N8O. The van der Waals surface area contributed by atoms with Crippen molar-refractivity contribution in [3.63, 3.8) is 0 Å². The number of para-hydroxylation sites is 2. The SMILES string of the molecule is [C-]#[N+]c1ccc2c(c1)c1cc([N+]#[C-])ccc1n2-c1ccc2c(c1)C1(c3cc(-n4c5ccccc5c5cc(-n6c7ccccc7c7ccncc76)ccc54)ccc3O2)c2cccnc2-c2ncccc21. The highest BCUT2D eigenvalue weighted by molar-refractivity contribution is 6.13. The minimum absolute atomic E-state index is 0.545. The summed E-state index contributed by atoms with van der Waals surface area (Å²) in [5.74, 6) is 1.49. The lowest BCUT2D eigenvalue weighted by atomic mass is 9.66. The maximum absolute atomic E-state index is 7.82. The molecule has 9 nitrogen and oxygen atoms in total. The lowest BCUT2D eigenvalue weighted by molar-refractivity contribution is 0.436. The van der Waals surface area contributed by atoms with Gasteiger partial charge in [-0.1, -0.05) is 60.7 Å². The second-order valence-electron chi connectivity index (χ2n) is 17.8. The third-order valence-electron chi connectivity index (χ3n) is 14.5. The van der Waals surface area contributed by atoms with E-state index in [1.54, 1.807) is 0 Å². The Bertz CT molecular complexity index is 4350. The number of aromatic nitrogens is 6. The normalized spacial score (nSPS) is 13.1. The molecule has 0 radical (unpaired) electrons. The molecule has 69 heavy (non-hydrogen) atoms. The van der Waals surface area contributed by atoms with Crippen molar-refractivity contribution in [3.05, 3.63) is 240 Å². The lowest BCUT2D eigenvalue weighted by Crippen LogP contribution is -2.32. The van der Waals surface area contributed by atoms with Crippen LogP contribution in [0.15, 0.2) is 195 Å². The van der Waals surface area contributed by atoms with Crippen LogP contribution in [0.1, 0.15) is 22.3 Å². The van der Waals surface area contributed by atoms with Crippen molar-refractivity contribution in [2.24, 2.45) is 0 Å². The summed E-state index contributed by atoms with van der Waals surface area (Å²) in [5.41, 5.74) is 15.1. The number of ether oxygens (including phenoxy) is 1. The third kappa shape index (κ3) is 4.87. The van der Waals surface area contributed by atoms with Gasteiger partial charge in [-0.2, -0.15) is 0 Å². The molecule has 318 valence electrons. The highest BCUT2D eigenvalue weighted by Crippen LogP contribution is 2.62. The number of hydrogen-bond acceptors (Lipinski definition) is 4. The molecule has 0 N–H and O–H groups in total. The highest BCUT2D eigenvalue weighted by atomic mass is 16.5. The molecule has 1 aliphatic heterocycles. The van der Waals surface area contributed by atoms with Crippen molar-refractivity contribution in [1.29, 1.82) is 0 Å². The van der Waals surface area contributed by atoms with Crippen LogP contribution in [0.25, 0.3) is 104 Å². The third-order valence-corrected chi connectivity index (χ3v) is 14.5. The second kappa shape index (κ2) is 13.6. The van der Waals surface area contributed by atoms with Gasteiger partial charge in [-0.05, 0) is 131 Å². The summed E-state index contributed by atoms with van der Waals surface area (Å²) in [6.45, 7) is 15.6. The van der Waals surface area contributed by atoms with E-state index >= 15 is 0 Å². The first-order chi connectivity index (χ1) is 34.1. The standard InChI is InChI=1S/C60H32N8O/c1-61-35-15-20-52-43(29-35)44-30-36(62-2)16-21-53(44)67(52)39-19-24-57-49(33-39)60(46-11-7-26-64-58(46)59-47(60)12-8-27-65-59)48-32-38(18-23-56(48)69-57)66-51-14-6-4-10-41(51)45-31-37(17-22-54(45)66)68-50-13-5-3-9-40(50)42-25-28-63-34-55(42)68/h3-34H. The summed E-state index contributed by atoms with van der Waals surface area (Å²) in [6.07, 6.45) is 7.52. The molecule has 9 heteroatoms. The fourth-order valence-electron chi connectivity index (χ4n) is 11.8. The molecule has 7 aromatic carbocycles. The molecule has 0 bridgehead atoms. The van der Waals surface area contributed by atoms with E-state index < -0.39 is 5.41 Å². The van der Waals surface area contributed by atoms with Crippen LogP contribution in [-0.2, 0) is 5.41 Å². The van der Waals surface area contributed by atoms with Crippen LogP contribution in [-0.4, -0.2) is 28.7 Å². The summed E-state index contributed by atoms with van der Waals surface area (Å²) >= 11 is 0. The van der Waals surface area contributed by atoms with E-state index in [0.29, 0.717) is 11.4 Å². The van der Waals surface area contributed by atoms with E-state index in [1.807, 2.05) is 73.3 Å². The van der Waals surface area contributed by atoms with E-state index in [-0.39, 0.29) is 0 Å². The number of pyridine rings is 3. The van der Waals surface area contributed by atoms with Crippen molar-refractivity contribution >= 4 is 76.8 Å². The Morgan fingerprint density at radius 1 is 0.391 bits per heavy atom. The number of fused-ring (bicyclic) bond motifs is 18. The second-order valence-corrected chi connectivity index (χ2v) is 17.8. The van der Waals surface area contributed by atoms with Crippen molar-refractivity contribution in [2.75, 3.05) is 0 Å². The van der Waals surface area contributed by atoms with Gasteiger partial charge in [0.15, 0.2) is 11.4 Å². The zero-order valence-corrected chi connectivity index (χ0v) is 36.5. The van der Waals surface area contributed by atoms with E-state index in [2.05, 4.69) is 150 Å². The number of rotatable bonds is 3. The van der Waals surface area contributed by atoms with Crippen molar-refractivity contribution in [1.82, 2.24) is 28.7 Å². The van der Waals surface area contributed by atoms with Gasteiger partial charge in [0.05, 0.1) is 69.2 Å². The molecule has 0 amide bonds. The summed E-state index contributed by atoms with van der Waals surface area (Å²) < 4.78 is 14.0. The molecule has 0 saturated carbocycles. The number of nitrogens with zero attached hydrogens (tertiary/aromatic N) is 8. The minimum Gasteiger partial charge on any atom is -0.457 e. The molecule has 0 fully saturated rings. The van der Waals surface area contributed by atoms with Gasteiger partial charge < -0.3 is 18.4 Å². The molecule has 0 atom stereocenters. The first-order valence-corrected chi connectivity index (χ1v) is 22.7. The zero-order chi connectivity index (χ0) is 45.5. The summed E-state index contributed by atoms with van der Waals surface area (Å²) in [7, 11) is 0. The predicted molar refractivity (Wildman–Crippen MR) is 273 cm³/mol. The van der Waals surface area contributed by atoms with Gasteiger partial charge >= 0.3 is 0 Å². The summed E-state index contributed by atoms with van der Waals surface area (Å²) in [5, 5.41) is 6.48. The van der Waals surface area contributed by atoms with Crippen LogP contribution in [0.3, 0.4) is 0 Å². The Hall–Kier alpha value is -9.83. The van der Waals surface area contributed by atoms with Crippen LogP contribution in [0.2, 0.25) is 0 Å². The monoisotopic (exact) mass is 880 g/mol. The fraction of sp³-hybridized carbons (Fsp3) is 0.0167. The van der Waals surface area contributed by atoms with Crippen LogP contribution in [0, 0.1) is 13.1 Å². The Kier molecular flexibility index (Phi) is 7.38. The Balaban J connectivity index is 0.987. The molecule has 0 unspecified atom stereocenters. The maximum atomic E-state index is 7.82. The molecule has 13 aromatic rings. The van der Waals surface area contributed by atoms with Gasteiger partial charge in [-0.15, -0.1) is 0 Å². The lowest BCUT2D eigenvalue weighted by Gasteiger charge is -2.39. The number of hydrogen-bond donors (Lipinski definition) is 0. The van der Waals surface area contributed by atoms with E-state index in [4.69, 9.17) is 27.8 Å². The van der Waals surface area contributed by atoms with Crippen molar-refractivity contribution in [3.8, 4) is 39.9 Å².